The Kier molecular flexibility index (Phi) is 4.94. The number of fused-ring (bicyclic) bond motifs is 2. The summed E-state index contributed by atoms with van der Waals surface area (Å²) in [7, 11) is 0. The molecule has 1 aliphatic rings. The Balaban J connectivity index is 1.40. The van der Waals surface area contributed by atoms with Gasteiger partial charge in [0.2, 0.25) is 0 Å². The van der Waals surface area contributed by atoms with Gasteiger partial charge in [0.15, 0.2) is 5.75 Å². The van der Waals surface area contributed by atoms with Crippen molar-refractivity contribution >= 4 is 11.4 Å². The summed E-state index contributed by atoms with van der Waals surface area (Å²) in [4.78, 5) is 26.5. The Hall–Kier alpha value is -4.75. The van der Waals surface area contributed by atoms with Crippen molar-refractivity contribution < 1.29 is 27.1 Å². The first-order valence-corrected chi connectivity index (χ1v) is 10.7. The summed E-state index contributed by atoms with van der Waals surface area (Å²) < 4.78 is 49.8. The van der Waals surface area contributed by atoms with E-state index in [1.54, 1.807) is 24.4 Å². The van der Waals surface area contributed by atoms with Gasteiger partial charge in [0.25, 0.3) is 5.89 Å². The topological polar surface area (TPSA) is 127 Å². The normalized spacial score (nSPS) is 15.8. The van der Waals surface area contributed by atoms with Gasteiger partial charge >= 0.3 is 18.2 Å². The van der Waals surface area contributed by atoms with Crippen LogP contribution in [0.3, 0.4) is 0 Å². The molecule has 0 spiro atoms. The minimum atomic E-state index is -4.88. The number of pyridine rings is 2. The zero-order valence-corrected chi connectivity index (χ0v) is 18.2. The average Bonchev–Trinajstić information content (AvgIpc) is 3.62. The summed E-state index contributed by atoms with van der Waals surface area (Å²) in [5.41, 5.74) is 2.08. The number of nitrogens with zero attached hydrogens (tertiary/aromatic N) is 7. The van der Waals surface area contributed by atoms with Gasteiger partial charge < -0.3 is 19.0 Å². The van der Waals surface area contributed by atoms with Crippen molar-refractivity contribution in [1.29, 1.82) is 0 Å². The molecule has 11 nitrogen and oxygen atoms in total. The summed E-state index contributed by atoms with van der Waals surface area (Å²) in [6.07, 6.45) is 0.124. The highest BCUT2D eigenvalue weighted by Gasteiger charge is 2.39. The lowest BCUT2D eigenvalue weighted by atomic mass is 9.99. The third-order valence-electron chi connectivity index (χ3n) is 5.67. The number of halogens is 3. The largest absolute Gasteiger partial charge is 0.573 e. The summed E-state index contributed by atoms with van der Waals surface area (Å²) >= 11 is 0. The monoisotopic (exact) mass is 496 g/mol. The fourth-order valence-corrected chi connectivity index (χ4v) is 4.17. The lowest BCUT2D eigenvalue weighted by Gasteiger charge is -2.32. The van der Waals surface area contributed by atoms with Crippen LogP contribution >= 0.6 is 0 Å². The predicted octanol–water partition coefficient (Wildman–Crippen LogP) is 3.19. The SMILES string of the molecule is O=C(c1nnc(-c2ccccn2)o1)N1CCc2[nH]cnc2C1c1cc2c(OC(F)(F)F)cccn2n1. The highest BCUT2D eigenvalue weighted by atomic mass is 19.4. The van der Waals surface area contributed by atoms with Crippen LogP contribution in [0.15, 0.2) is 59.5 Å². The highest BCUT2D eigenvalue weighted by Crippen LogP contribution is 2.36. The van der Waals surface area contributed by atoms with E-state index >= 15 is 0 Å². The van der Waals surface area contributed by atoms with Gasteiger partial charge in [0.05, 0.1) is 17.7 Å². The molecule has 1 N–H and O–H groups in total. The van der Waals surface area contributed by atoms with Crippen LogP contribution in [0, 0.1) is 0 Å². The van der Waals surface area contributed by atoms with E-state index in [4.69, 9.17) is 4.42 Å². The molecule has 5 aromatic rings. The number of aromatic amines is 1. The quantitative estimate of drug-likeness (QED) is 0.402. The van der Waals surface area contributed by atoms with Crippen LogP contribution in [0.2, 0.25) is 0 Å². The molecule has 5 aromatic heterocycles. The highest BCUT2D eigenvalue weighted by molar-refractivity contribution is 5.90. The van der Waals surface area contributed by atoms with Gasteiger partial charge in [-0.2, -0.15) is 5.10 Å². The number of rotatable bonds is 4. The summed E-state index contributed by atoms with van der Waals surface area (Å²) in [5, 5.41) is 12.2. The molecule has 1 aliphatic heterocycles. The van der Waals surface area contributed by atoms with Crippen LogP contribution in [-0.2, 0) is 6.42 Å². The van der Waals surface area contributed by atoms with E-state index in [1.807, 2.05) is 0 Å². The molecular weight excluding hydrogens is 481 g/mol. The number of aromatic nitrogens is 7. The van der Waals surface area contributed by atoms with E-state index < -0.39 is 24.1 Å². The summed E-state index contributed by atoms with van der Waals surface area (Å²) in [6, 6.07) is 8.32. The van der Waals surface area contributed by atoms with Gasteiger partial charge in [0, 0.05) is 31.1 Å². The first kappa shape index (κ1) is 21.8. The van der Waals surface area contributed by atoms with Gasteiger partial charge in [-0.05, 0) is 30.3 Å². The van der Waals surface area contributed by atoms with E-state index in [9.17, 15) is 18.0 Å². The van der Waals surface area contributed by atoms with Crippen LogP contribution in [0.1, 0.15) is 33.8 Å². The molecule has 36 heavy (non-hydrogen) atoms. The first-order valence-electron chi connectivity index (χ1n) is 10.7. The molecule has 1 amide bonds. The second-order valence-electron chi connectivity index (χ2n) is 7.86. The maximum Gasteiger partial charge on any atom is 0.573 e. The number of amides is 1. The van der Waals surface area contributed by atoms with Gasteiger partial charge in [0.1, 0.15) is 17.3 Å². The van der Waals surface area contributed by atoms with Crippen molar-refractivity contribution in [2.45, 2.75) is 18.8 Å². The Morgan fingerprint density at radius 2 is 2.06 bits per heavy atom. The number of nitrogens with one attached hydrogen (secondary N) is 1. The molecule has 0 aromatic carbocycles. The van der Waals surface area contributed by atoms with Crippen LogP contribution in [0.4, 0.5) is 13.2 Å². The van der Waals surface area contributed by atoms with E-state index in [-0.39, 0.29) is 23.8 Å². The van der Waals surface area contributed by atoms with Crippen molar-refractivity contribution in [1.82, 2.24) is 39.7 Å². The third kappa shape index (κ3) is 3.81. The molecule has 0 saturated heterocycles. The van der Waals surface area contributed by atoms with Crippen molar-refractivity contribution in [3.63, 3.8) is 0 Å². The Morgan fingerprint density at radius 3 is 2.86 bits per heavy atom. The number of ether oxygens (including phenoxy) is 1. The van der Waals surface area contributed by atoms with E-state index in [0.717, 1.165) is 5.69 Å². The van der Waals surface area contributed by atoms with Crippen LogP contribution < -0.4 is 4.74 Å². The van der Waals surface area contributed by atoms with Crippen molar-refractivity contribution in [3.8, 4) is 17.3 Å². The number of carbonyl (C=O) groups is 1. The number of hydrogen-bond donors (Lipinski definition) is 1. The number of carbonyl (C=O) groups excluding carboxylic acids is 1. The van der Waals surface area contributed by atoms with E-state index in [0.29, 0.717) is 23.5 Å². The second-order valence-corrected chi connectivity index (χ2v) is 7.86. The van der Waals surface area contributed by atoms with Gasteiger partial charge in [-0.3, -0.25) is 9.78 Å². The standard InChI is InChI=1S/C22H15F3N8O3/c23-22(24,25)36-16-5-3-8-33-15(16)10-14(31-33)18-17-12(27-11-28-17)6-9-32(18)21(34)20-30-29-19(35-20)13-4-1-2-7-26-13/h1-5,7-8,10-11,18H,6,9H2,(H,27,28). The molecular formula is C22H15F3N8O3. The molecule has 0 bridgehead atoms. The van der Waals surface area contributed by atoms with Crippen LogP contribution in [-0.4, -0.2) is 58.5 Å². The zero-order chi connectivity index (χ0) is 24.9. The summed E-state index contributed by atoms with van der Waals surface area (Å²) in [6.45, 7) is 0.250. The fraction of sp³-hybridized carbons (Fsp3) is 0.182. The number of H-pyrrole nitrogens is 1. The summed E-state index contributed by atoms with van der Waals surface area (Å²) in [5.74, 6) is -1.18. The molecule has 0 fully saturated rings. The minimum absolute atomic E-state index is 0.0784. The van der Waals surface area contributed by atoms with Crippen molar-refractivity contribution in [2.24, 2.45) is 0 Å². The lowest BCUT2D eigenvalue weighted by Crippen LogP contribution is -2.41. The molecule has 0 aliphatic carbocycles. The maximum absolute atomic E-state index is 13.5. The maximum atomic E-state index is 13.5. The van der Waals surface area contributed by atoms with Crippen LogP contribution in [0.5, 0.6) is 5.75 Å². The van der Waals surface area contributed by atoms with E-state index in [2.05, 4.69) is 35.0 Å². The number of imidazole rings is 1. The molecule has 1 unspecified atom stereocenters. The van der Waals surface area contributed by atoms with Crippen molar-refractivity contribution in [3.05, 3.63) is 78.1 Å². The molecule has 0 saturated carbocycles. The smallest absolute Gasteiger partial charge is 0.411 e. The molecule has 6 heterocycles. The first-order chi connectivity index (χ1) is 17.4. The van der Waals surface area contributed by atoms with Gasteiger partial charge in [-0.1, -0.05) is 6.07 Å². The Morgan fingerprint density at radius 1 is 1.17 bits per heavy atom. The van der Waals surface area contributed by atoms with E-state index in [1.165, 1.54) is 40.1 Å². The minimum Gasteiger partial charge on any atom is -0.411 e. The predicted molar refractivity (Wildman–Crippen MR) is 115 cm³/mol. The van der Waals surface area contributed by atoms with Crippen molar-refractivity contribution in [2.75, 3.05) is 6.54 Å². The van der Waals surface area contributed by atoms with Crippen LogP contribution in [0.25, 0.3) is 17.1 Å². The molecule has 0 radical (unpaired) electrons. The number of hydrogen-bond acceptors (Lipinski definition) is 8. The fourth-order valence-electron chi connectivity index (χ4n) is 4.17. The molecule has 14 heteroatoms. The average molecular weight is 496 g/mol. The third-order valence-corrected chi connectivity index (χ3v) is 5.67. The zero-order valence-electron chi connectivity index (χ0n) is 18.2. The van der Waals surface area contributed by atoms with Gasteiger partial charge in [-0.15, -0.1) is 23.4 Å². The lowest BCUT2D eigenvalue weighted by molar-refractivity contribution is -0.274. The molecule has 6 rings (SSSR count). The number of alkyl halides is 3. The Bertz CT molecular complexity index is 1560. The van der Waals surface area contributed by atoms with Gasteiger partial charge in [-0.25, -0.2) is 9.50 Å². The molecule has 182 valence electrons. The second kappa shape index (κ2) is 8.18. The Labute approximate surface area is 199 Å². The molecule has 1 atom stereocenters.